The van der Waals surface area contributed by atoms with Crippen molar-refractivity contribution in [3.05, 3.63) is 0 Å². The molecule has 0 radical (unpaired) electrons. The van der Waals surface area contributed by atoms with Crippen LogP contribution in [-0.4, -0.2) is 42.8 Å². The van der Waals surface area contributed by atoms with E-state index in [1.807, 2.05) is 4.90 Å². The predicted octanol–water partition coefficient (Wildman–Crippen LogP) is 1.36. The van der Waals surface area contributed by atoms with E-state index in [-0.39, 0.29) is 12.2 Å². The van der Waals surface area contributed by atoms with Crippen molar-refractivity contribution in [1.82, 2.24) is 10.2 Å². The molecule has 3 atom stereocenters. The Hall–Kier alpha value is -0.770. The topological polar surface area (TPSA) is 41.6 Å². The van der Waals surface area contributed by atoms with Crippen LogP contribution in [0.4, 0.5) is 4.79 Å². The Bertz CT molecular complexity index is 276. The molecule has 0 aromatic carbocycles. The lowest BCUT2D eigenvalue weighted by Gasteiger charge is -2.29. The van der Waals surface area contributed by atoms with Gasteiger partial charge in [-0.15, -0.1) is 0 Å². The lowest BCUT2D eigenvalue weighted by molar-refractivity contribution is 0.113. The van der Waals surface area contributed by atoms with Crippen LogP contribution in [0.1, 0.15) is 32.1 Å². The molecule has 3 rings (SSSR count). The first-order valence-corrected chi connectivity index (χ1v) is 6.52. The first kappa shape index (κ1) is 10.4. The number of nitrogens with one attached hydrogen (secondary N) is 1. The summed E-state index contributed by atoms with van der Waals surface area (Å²) in [6.07, 6.45) is 5.98. The van der Waals surface area contributed by atoms with Crippen LogP contribution >= 0.6 is 0 Å². The zero-order valence-electron chi connectivity index (χ0n) is 9.65. The van der Waals surface area contributed by atoms with Crippen LogP contribution in [0.15, 0.2) is 0 Å². The van der Waals surface area contributed by atoms with Gasteiger partial charge in [-0.3, -0.25) is 0 Å². The maximum atomic E-state index is 11.8. The summed E-state index contributed by atoms with van der Waals surface area (Å²) in [7, 11) is 0. The van der Waals surface area contributed by atoms with Gasteiger partial charge in [0, 0.05) is 6.54 Å². The molecular weight excluding hydrogens is 204 g/mol. The summed E-state index contributed by atoms with van der Waals surface area (Å²) < 4.78 is 5.45. The van der Waals surface area contributed by atoms with Gasteiger partial charge in [0.1, 0.15) is 6.10 Å². The molecule has 2 saturated heterocycles. The Labute approximate surface area is 96.3 Å². The maximum Gasteiger partial charge on any atom is 0.410 e. The SMILES string of the molecule is O=C1OC2CCCCC2N1CC1CCNC1. The monoisotopic (exact) mass is 224 g/mol. The van der Waals surface area contributed by atoms with Crippen molar-refractivity contribution in [2.75, 3.05) is 19.6 Å². The van der Waals surface area contributed by atoms with E-state index in [1.54, 1.807) is 0 Å². The highest BCUT2D eigenvalue weighted by Crippen LogP contribution is 2.32. The fourth-order valence-electron chi connectivity index (χ4n) is 3.26. The van der Waals surface area contributed by atoms with Crippen molar-refractivity contribution in [1.29, 1.82) is 0 Å². The number of carbonyl (C=O) groups is 1. The highest BCUT2D eigenvalue weighted by Gasteiger charge is 2.43. The van der Waals surface area contributed by atoms with Gasteiger partial charge in [-0.05, 0) is 44.7 Å². The van der Waals surface area contributed by atoms with Gasteiger partial charge in [-0.1, -0.05) is 6.42 Å². The van der Waals surface area contributed by atoms with Gasteiger partial charge in [0.25, 0.3) is 0 Å². The summed E-state index contributed by atoms with van der Waals surface area (Å²) in [5.74, 6) is 0.633. The van der Waals surface area contributed by atoms with Crippen LogP contribution in [-0.2, 0) is 4.74 Å². The van der Waals surface area contributed by atoms with Crippen LogP contribution < -0.4 is 5.32 Å². The number of hydrogen-bond acceptors (Lipinski definition) is 3. The number of nitrogens with zero attached hydrogens (tertiary/aromatic N) is 1. The predicted molar refractivity (Wildman–Crippen MR) is 60.2 cm³/mol. The molecule has 4 heteroatoms. The second kappa shape index (κ2) is 4.24. The lowest BCUT2D eigenvalue weighted by Crippen LogP contribution is -2.41. The number of rotatable bonds is 2. The highest BCUT2D eigenvalue weighted by atomic mass is 16.6. The van der Waals surface area contributed by atoms with Gasteiger partial charge in [0.2, 0.25) is 0 Å². The van der Waals surface area contributed by atoms with Crippen LogP contribution in [0, 0.1) is 5.92 Å². The quantitative estimate of drug-likeness (QED) is 0.770. The summed E-state index contributed by atoms with van der Waals surface area (Å²) in [4.78, 5) is 13.8. The molecule has 3 aliphatic rings. The summed E-state index contributed by atoms with van der Waals surface area (Å²) in [5.41, 5.74) is 0. The summed E-state index contributed by atoms with van der Waals surface area (Å²) in [6.45, 7) is 3.05. The molecule has 2 heterocycles. The first-order chi connectivity index (χ1) is 7.84. The first-order valence-electron chi connectivity index (χ1n) is 6.52. The fraction of sp³-hybridized carbons (Fsp3) is 0.917. The number of amides is 1. The van der Waals surface area contributed by atoms with Crippen molar-refractivity contribution >= 4 is 6.09 Å². The third kappa shape index (κ3) is 1.79. The van der Waals surface area contributed by atoms with Crippen molar-refractivity contribution in [2.45, 2.75) is 44.2 Å². The van der Waals surface area contributed by atoms with Gasteiger partial charge in [-0.25, -0.2) is 4.79 Å². The summed E-state index contributed by atoms with van der Waals surface area (Å²) in [6, 6.07) is 0.377. The zero-order chi connectivity index (χ0) is 11.0. The van der Waals surface area contributed by atoms with E-state index in [9.17, 15) is 4.79 Å². The molecule has 1 N–H and O–H groups in total. The van der Waals surface area contributed by atoms with Crippen molar-refractivity contribution in [2.24, 2.45) is 5.92 Å². The third-order valence-corrected chi connectivity index (χ3v) is 4.17. The normalized spacial score (nSPS) is 38.6. The van der Waals surface area contributed by atoms with Gasteiger partial charge in [0.15, 0.2) is 0 Å². The highest BCUT2D eigenvalue weighted by molar-refractivity contribution is 5.70. The standard InChI is InChI=1S/C12H20N2O2/c15-12-14(8-9-5-6-13-7-9)10-3-1-2-4-11(10)16-12/h9-11,13H,1-8H2. The minimum absolute atomic E-state index is 0.0659. The second-order valence-electron chi connectivity index (χ2n) is 5.29. The van der Waals surface area contributed by atoms with E-state index in [0.717, 1.165) is 32.5 Å². The molecule has 0 aromatic heterocycles. The summed E-state index contributed by atoms with van der Waals surface area (Å²) >= 11 is 0. The summed E-state index contributed by atoms with van der Waals surface area (Å²) in [5, 5.41) is 3.35. The number of ether oxygens (including phenoxy) is 1. The van der Waals surface area contributed by atoms with Crippen LogP contribution in [0.5, 0.6) is 0 Å². The number of fused-ring (bicyclic) bond motifs is 1. The molecule has 0 spiro atoms. The van der Waals surface area contributed by atoms with E-state index >= 15 is 0 Å². The minimum atomic E-state index is -0.0659. The molecular formula is C12H20N2O2. The second-order valence-corrected chi connectivity index (χ2v) is 5.29. The Morgan fingerprint density at radius 3 is 3.00 bits per heavy atom. The third-order valence-electron chi connectivity index (χ3n) is 4.17. The molecule has 1 amide bonds. The van der Waals surface area contributed by atoms with Crippen molar-refractivity contribution in [3.63, 3.8) is 0 Å². The van der Waals surface area contributed by atoms with Crippen LogP contribution in [0.25, 0.3) is 0 Å². The van der Waals surface area contributed by atoms with E-state index in [4.69, 9.17) is 4.74 Å². The molecule has 16 heavy (non-hydrogen) atoms. The molecule has 0 aromatic rings. The lowest BCUT2D eigenvalue weighted by atomic mass is 9.92. The van der Waals surface area contributed by atoms with Gasteiger partial charge >= 0.3 is 6.09 Å². The Morgan fingerprint density at radius 2 is 2.19 bits per heavy atom. The number of carbonyl (C=O) groups excluding carboxylic acids is 1. The number of hydrogen-bond donors (Lipinski definition) is 1. The van der Waals surface area contributed by atoms with Gasteiger partial charge in [0.05, 0.1) is 6.04 Å². The molecule has 3 fully saturated rings. The Balaban J connectivity index is 1.65. The van der Waals surface area contributed by atoms with E-state index < -0.39 is 0 Å². The van der Waals surface area contributed by atoms with Gasteiger partial charge < -0.3 is 15.0 Å². The van der Waals surface area contributed by atoms with Crippen LogP contribution in [0.3, 0.4) is 0 Å². The molecule has 0 bridgehead atoms. The smallest absolute Gasteiger partial charge is 0.410 e. The molecule has 1 saturated carbocycles. The molecule has 3 unspecified atom stereocenters. The van der Waals surface area contributed by atoms with Crippen LogP contribution in [0.2, 0.25) is 0 Å². The van der Waals surface area contributed by atoms with E-state index in [1.165, 1.54) is 19.3 Å². The molecule has 4 nitrogen and oxygen atoms in total. The van der Waals surface area contributed by atoms with Crippen molar-refractivity contribution < 1.29 is 9.53 Å². The average molecular weight is 224 g/mol. The van der Waals surface area contributed by atoms with E-state index in [0.29, 0.717) is 12.0 Å². The average Bonchev–Trinajstić information content (AvgIpc) is 2.89. The molecule has 1 aliphatic carbocycles. The Morgan fingerprint density at radius 1 is 1.31 bits per heavy atom. The van der Waals surface area contributed by atoms with Gasteiger partial charge in [-0.2, -0.15) is 0 Å². The largest absolute Gasteiger partial charge is 0.444 e. The minimum Gasteiger partial charge on any atom is -0.444 e. The zero-order valence-corrected chi connectivity index (χ0v) is 9.65. The van der Waals surface area contributed by atoms with Crippen molar-refractivity contribution in [3.8, 4) is 0 Å². The fourth-order valence-corrected chi connectivity index (χ4v) is 3.26. The molecule has 2 aliphatic heterocycles. The maximum absolute atomic E-state index is 11.8. The van der Waals surface area contributed by atoms with E-state index in [2.05, 4.69) is 5.32 Å². The molecule has 90 valence electrons. The Kier molecular flexibility index (Phi) is 2.75.